The van der Waals surface area contributed by atoms with Crippen molar-refractivity contribution in [2.24, 2.45) is 11.8 Å². The number of nitrogens with one attached hydrogen (secondary N) is 1. The van der Waals surface area contributed by atoms with Crippen LogP contribution in [0, 0.1) is 23.2 Å². The van der Waals surface area contributed by atoms with Gasteiger partial charge in [0.15, 0.2) is 0 Å². The lowest BCUT2D eigenvalue weighted by Gasteiger charge is -2.12. The molecule has 0 saturated carbocycles. The quantitative estimate of drug-likeness (QED) is 0.807. The fraction of sp³-hybridized carbons (Fsp3) is 0.545. The van der Waals surface area contributed by atoms with E-state index < -0.39 is 0 Å². The van der Waals surface area contributed by atoms with Gasteiger partial charge in [-0.3, -0.25) is 0 Å². The summed E-state index contributed by atoms with van der Waals surface area (Å²) in [5, 5.41) is 14.2. The van der Waals surface area contributed by atoms with Crippen molar-refractivity contribution in [3.63, 3.8) is 0 Å². The first-order valence-electron chi connectivity index (χ1n) is 4.86. The lowest BCUT2D eigenvalue weighted by atomic mass is 9.98. The maximum absolute atomic E-state index is 8.87. The van der Waals surface area contributed by atoms with E-state index in [9.17, 15) is 0 Å². The Morgan fingerprint density at radius 1 is 1.57 bits per heavy atom. The van der Waals surface area contributed by atoms with Crippen LogP contribution in [0.3, 0.4) is 0 Å². The second-order valence-corrected chi connectivity index (χ2v) is 4.72. The Labute approximate surface area is 89.6 Å². The van der Waals surface area contributed by atoms with Gasteiger partial charge in [-0.05, 0) is 17.4 Å². The van der Waals surface area contributed by atoms with Gasteiger partial charge in [0.05, 0.1) is 12.0 Å². The minimum Gasteiger partial charge on any atom is -0.311 e. The van der Waals surface area contributed by atoms with Crippen LogP contribution in [-0.2, 0) is 6.54 Å². The summed E-state index contributed by atoms with van der Waals surface area (Å²) in [5.41, 5.74) is 0. The molecule has 1 aromatic rings. The summed E-state index contributed by atoms with van der Waals surface area (Å²) in [7, 11) is 0. The van der Waals surface area contributed by atoms with Crippen LogP contribution in [0.2, 0.25) is 0 Å². The van der Waals surface area contributed by atoms with Gasteiger partial charge in [0.2, 0.25) is 0 Å². The summed E-state index contributed by atoms with van der Waals surface area (Å²) < 4.78 is 0. The van der Waals surface area contributed by atoms with Gasteiger partial charge in [0.1, 0.15) is 0 Å². The van der Waals surface area contributed by atoms with Gasteiger partial charge in [-0.2, -0.15) is 5.26 Å². The zero-order valence-electron chi connectivity index (χ0n) is 8.66. The molecule has 1 N–H and O–H groups in total. The second kappa shape index (κ2) is 5.79. The minimum atomic E-state index is 0.120. The number of rotatable bonds is 5. The van der Waals surface area contributed by atoms with Crippen molar-refractivity contribution in [1.29, 1.82) is 5.26 Å². The Hall–Kier alpha value is -0.850. The SMILES string of the molecule is CC(C)C(C#N)CNCc1cccs1. The Bertz CT molecular complexity index is 285. The molecule has 0 aromatic carbocycles. The Kier molecular flexibility index (Phi) is 4.64. The zero-order valence-corrected chi connectivity index (χ0v) is 9.47. The van der Waals surface area contributed by atoms with Crippen LogP contribution in [0.4, 0.5) is 0 Å². The van der Waals surface area contributed by atoms with Gasteiger partial charge in [0.25, 0.3) is 0 Å². The van der Waals surface area contributed by atoms with Crippen molar-refractivity contribution in [1.82, 2.24) is 5.32 Å². The summed E-state index contributed by atoms with van der Waals surface area (Å²) in [5.74, 6) is 0.547. The maximum Gasteiger partial charge on any atom is 0.0671 e. The van der Waals surface area contributed by atoms with Gasteiger partial charge in [0, 0.05) is 18.0 Å². The topological polar surface area (TPSA) is 35.8 Å². The fourth-order valence-corrected chi connectivity index (χ4v) is 1.87. The molecule has 0 aliphatic heterocycles. The van der Waals surface area contributed by atoms with Crippen LogP contribution < -0.4 is 5.32 Å². The summed E-state index contributed by atoms with van der Waals surface area (Å²) in [6, 6.07) is 6.48. The minimum absolute atomic E-state index is 0.120. The predicted molar refractivity (Wildman–Crippen MR) is 60.0 cm³/mol. The molecule has 0 amide bonds. The summed E-state index contributed by atoms with van der Waals surface area (Å²) in [6.45, 7) is 5.83. The molecule has 0 spiro atoms. The molecule has 0 aliphatic carbocycles. The molecule has 76 valence electrons. The van der Waals surface area contributed by atoms with E-state index >= 15 is 0 Å². The summed E-state index contributed by atoms with van der Waals surface area (Å²) >= 11 is 1.75. The summed E-state index contributed by atoms with van der Waals surface area (Å²) in [4.78, 5) is 1.32. The molecule has 0 aliphatic rings. The van der Waals surface area contributed by atoms with E-state index in [4.69, 9.17) is 5.26 Å². The third kappa shape index (κ3) is 3.49. The van der Waals surface area contributed by atoms with Crippen molar-refractivity contribution in [2.45, 2.75) is 20.4 Å². The highest BCUT2D eigenvalue weighted by Gasteiger charge is 2.11. The first-order valence-corrected chi connectivity index (χ1v) is 5.74. The fourth-order valence-electron chi connectivity index (χ4n) is 1.19. The standard InChI is InChI=1S/C11H16N2S/c1-9(2)10(6-12)7-13-8-11-4-3-5-14-11/h3-5,9-10,13H,7-8H2,1-2H3. The predicted octanol–water partition coefficient (Wildman–Crippen LogP) is 2.63. The second-order valence-electron chi connectivity index (χ2n) is 3.69. The molecule has 14 heavy (non-hydrogen) atoms. The molecule has 0 radical (unpaired) electrons. The van der Waals surface area contributed by atoms with Gasteiger partial charge in [-0.25, -0.2) is 0 Å². The van der Waals surface area contributed by atoms with E-state index in [1.807, 2.05) is 6.07 Å². The molecule has 1 heterocycles. The van der Waals surface area contributed by atoms with Gasteiger partial charge >= 0.3 is 0 Å². The third-order valence-corrected chi connectivity index (χ3v) is 3.09. The van der Waals surface area contributed by atoms with E-state index in [2.05, 4.69) is 36.7 Å². The highest BCUT2D eigenvalue weighted by molar-refractivity contribution is 7.09. The van der Waals surface area contributed by atoms with Crippen molar-refractivity contribution in [3.8, 4) is 6.07 Å². The smallest absolute Gasteiger partial charge is 0.0671 e. The van der Waals surface area contributed by atoms with Crippen LogP contribution in [-0.4, -0.2) is 6.54 Å². The molecule has 0 fully saturated rings. The lowest BCUT2D eigenvalue weighted by molar-refractivity contribution is 0.443. The lowest BCUT2D eigenvalue weighted by Crippen LogP contribution is -2.24. The molecule has 1 atom stereocenters. The van der Waals surface area contributed by atoms with E-state index in [0.29, 0.717) is 5.92 Å². The molecule has 2 nitrogen and oxygen atoms in total. The van der Waals surface area contributed by atoms with Crippen LogP contribution in [0.5, 0.6) is 0 Å². The normalized spacial score (nSPS) is 12.7. The zero-order chi connectivity index (χ0) is 10.4. The average Bonchev–Trinajstić information content (AvgIpc) is 2.64. The first-order chi connectivity index (χ1) is 6.74. The third-order valence-electron chi connectivity index (χ3n) is 2.21. The first kappa shape index (κ1) is 11.2. The number of hydrogen-bond donors (Lipinski definition) is 1. The van der Waals surface area contributed by atoms with Crippen molar-refractivity contribution < 1.29 is 0 Å². The highest BCUT2D eigenvalue weighted by Crippen LogP contribution is 2.10. The molecule has 1 rings (SSSR count). The van der Waals surface area contributed by atoms with Gasteiger partial charge in [-0.1, -0.05) is 19.9 Å². The molecular weight excluding hydrogens is 192 g/mol. The van der Waals surface area contributed by atoms with Crippen molar-refractivity contribution >= 4 is 11.3 Å². The molecule has 0 bridgehead atoms. The van der Waals surface area contributed by atoms with Crippen LogP contribution in [0.1, 0.15) is 18.7 Å². The highest BCUT2D eigenvalue weighted by atomic mass is 32.1. The number of nitriles is 1. The monoisotopic (exact) mass is 208 g/mol. The maximum atomic E-state index is 8.87. The number of nitrogens with zero attached hydrogens (tertiary/aromatic N) is 1. The van der Waals surface area contributed by atoms with Crippen LogP contribution in [0.25, 0.3) is 0 Å². The van der Waals surface area contributed by atoms with Crippen molar-refractivity contribution in [2.75, 3.05) is 6.54 Å². The Balaban J connectivity index is 2.24. The molecule has 3 heteroatoms. The average molecular weight is 208 g/mol. The molecular formula is C11H16N2S. The largest absolute Gasteiger partial charge is 0.311 e. The number of hydrogen-bond acceptors (Lipinski definition) is 3. The molecule has 1 unspecified atom stereocenters. The Morgan fingerprint density at radius 2 is 2.36 bits per heavy atom. The molecule has 0 saturated heterocycles. The van der Waals surface area contributed by atoms with Crippen molar-refractivity contribution in [3.05, 3.63) is 22.4 Å². The van der Waals surface area contributed by atoms with E-state index in [-0.39, 0.29) is 5.92 Å². The van der Waals surface area contributed by atoms with Crippen LogP contribution >= 0.6 is 11.3 Å². The van der Waals surface area contributed by atoms with E-state index in [1.165, 1.54) is 4.88 Å². The number of thiophene rings is 1. The van der Waals surface area contributed by atoms with Gasteiger partial charge < -0.3 is 5.32 Å². The van der Waals surface area contributed by atoms with E-state index in [1.54, 1.807) is 11.3 Å². The van der Waals surface area contributed by atoms with Gasteiger partial charge in [-0.15, -0.1) is 11.3 Å². The summed E-state index contributed by atoms with van der Waals surface area (Å²) in [6.07, 6.45) is 0. The molecule has 1 aromatic heterocycles. The Morgan fingerprint density at radius 3 is 2.86 bits per heavy atom. The van der Waals surface area contributed by atoms with Crippen LogP contribution in [0.15, 0.2) is 17.5 Å². The van der Waals surface area contributed by atoms with E-state index in [0.717, 1.165) is 13.1 Å².